The van der Waals surface area contributed by atoms with Crippen LogP contribution in [0.2, 0.25) is 0 Å². The van der Waals surface area contributed by atoms with E-state index < -0.39 is 6.04 Å². The molecule has 3 fully saturated rings. The van der Waals surface area contributed by atoms with E-state index in [1.807, 2.05) is 18.2 Å². The van der Waals surface area contributed by atoms with Crippen LogP contribution in [0, 0.1) is 5.92 Å². The van der Waals surface area contributed by atoms with Gasteiger partial charge in [0, 0.05) is 43.7 Å². The number of amides is 3. The quantitative estimate of drug-likeness (QED) is 0.648. The second-order valence-corrected chi connectivity index (χ2v) is 8.88. The van der Waals surface area contributed by atoms with Crippen molar-refractivity contribution in [3.05, 3.63) is 34.9 Å². The summed E-state index contributed by atoms with van der Waals surface area (Å²) in [5, 5.41) is 9.64. The normalized spacial score (nSPS) is 31.2. The van der Waals surface area contributed by atoms with Crippen molar-refractivity contribution < 1.29 is 14.4 Å². The Balaban J connectivity index is 1.23. The van der Waals surface area contributed by atoms with Crippen LogP contribution < -0.4 is 16.0 Å². The molecule has 3 heterocycles. The third-order valence-electron chi connectivity index (χ3n) is 7.04. The molecule has 7 heteroatoms. The number of carbonyl (C=O) groups is 3. The van der Waals surface area contributed by atoms with Crippen molar-refractivity contribution in [2.75, 3.05) is 6.54 Å². The fourth-order valence-electron chi connectivity index (χ4n) is 5.64. The van der Waals surface area contributed by atoms with Crippen molar-refractivity contribution in [3.63, 3.8) is 0 Å². The molecule has 0 aromatic heterocycles. The summed E-state index contributed by atoms with van der Waals surface area (Å²) in [6.07, 6.45) is 5.93. The predicted molar refractivity (Wildman–Crippen MR) is 107 cm³/mol. The minimum absolute atomic E-state index is 0.0968. The molecule has 0 radical (unpaired) electrons. The van der Waals surface area contributed by atoms with Crippen LogP contribution in [0.15, 0.2) is 18.2 Å². The van der Waals surface area contributed by atoms with Gasteiger partial charge in [0.15, 0.2) is 0 Å². The van der Waals surface area contributed by atoms with Crippen LogP contribution in [-0.4, -0.2) is 47.3 Å². The number of hydrogen-bond acceptors (Lipinski definition) is 5. The molecule has 2 saturated heterocycles. The fraction of sp³-hybridized carbons (Fsp3) is 0.591. The number of piperidine rings is 1. The molecule has 1 saturated carbocycles. The first-order valence-electron chi connectivity index (χ1n) is 10.8. The summed E-state index contributed by atoms with van der Waals surface area (Å²) < 4.78 is 0. The SMILES string of the molecule is O=C1CCC(N2Cc3cccc(CNC[C@@H]4C[C@@H]5CCC[C@@H]5N4)c3C2=O)C(=O)N1. The maximum Gasteiger partial charge on any atom is 0.255 e. The molecule has 7 nitrogen and oxygen atoms in total. The van der Waals surface area contributed by atoms with Gasteiger partial charge >= 0.3 is 0 Å². The van der Waals surface area contributed by atoms with E-state index >= 15 is 0 Å². The number of carbonyl (C=O) groups excluding carboxylic acids is 3. The first-order chi connectivity index (χ1) is 14.1. The second kappa shape index (κ2) is 7.54. The molecule has 0 spiro atoms. The Morgan fingerprint density at radius 3 is 2.86 bits per heavy atom. The molecule has 1 aliphatic carbocycles. The smallest absolute Gasteiger partial charge is 0.255 e. The van der Waals surface area contributed by atoms with E-state index in [1.165, 1.54) is 25.7 Å². The van der Waals surface area contributed by atoms with Crippen molar-refractivity contribution in [1.82, 2.24) is 20.9 Å². The Hall–Kier alpha value is -2.25. The molecule has 154 valence electrons. The van der Waals surface area contributed by atoms with Gasteiger partial charge in [0.05, 0.1) is 0 Å². The Morgan fingerprint density at radius 2 is 2.03 bits per heavy atom. The molecule has 5 rings (SSSR count). The zero-order valence-electron chi connectivity index (χ0n) is 16.6. The second-order valence-electron chi connectivity index (χ2n) is 8.88. The fourth-order valence-corrected chi connectivity index (χ4v) is 5.64. The summed E-state index contributed by atoms with van der Waals surface area (Å²) in [5.41, 5.74) is 2.67. The summed E-state index contributed by atoms with van der Waals surface area (Å²) in [6.45, 7) is 1.98. The van der Waals surface area contributed by atoms with Crippen molar-refractivity contribution in [3.8, 4) is 0 Å². The van der Waals surface area contributed by atoms with Crippen molar-refractivity contribution >= 4 is 17.7 Å². The minimum Gasteiger partial charge on any atom is -0.322 e. The van der Waals surface area contributed by atoms with E-state index in [4.69, 9.17) is 0 Å². The molecule has 29 heavy (non-hydrogen) atoms. The molecule has 1 aromatic rings. The zero-order valence-corrected chi connectivity index (χ0v) is 16.6. The van der Waals surface area contributed by atoms with Crippen molar-refractivity contribution in [2.45, 2.75) is 69.7 Å². The molecule has 3 amide bonds. The number of hydrogen-bond donors (Lipinski definition) is 3. The summed E-state index contributed by atoms with van der Waals surface area (Å²) in [6, 6.07) is 6.59. The van der Waals surface area contributed by atoms with E-state index in [-0.39, 0.29) is 24.1 Å². The van der Waals surface area contributed by atoms with Crippen molar-refractivity contribution in [2.24, 2.45) is 5.92 Å². The summed E-state index contributed by atoms with van der Waals surface area (Å²) in [4.78, 5) is 38.4. The van der Waals surface area contributed by atoms with Gasteiger partial charge in [-0.15, -0.1) is 0 Å². The Bertz CT molecular complexity index is 842. The molecular weight excluding hydrogens is 368 g/mol. The molecular formula is C22H28N4O3. The van der Waals surface area contributed by atoms with Gasteiger partial charge in [-0.2, -0.15) is 0 Å². The maximum absolute atomic E-state index is 13.1. The predicted octanol–water partition coefficient (Wildman–Crippen LogP) is 1.07. The third kappa shape index (κ3) is 3.46. The van der Waals surface area contributed by atoms with Crippen LogP contribution >= 0.6 is 0 Å². The number of nitrogens with zero attached hydrogens (tertiary/aromatic N) is 1. The van der Waals surface area contributed by atoms with Gasteiger partial charge in [-0.3, -0.25) is 19.7 Å². The van der Waals surface area contributed by atoms with Gasteiger partial charge in [-0.05, 0) is 42.7 Å². The molecule has 4 atom stereocenters. The average molecular weight is 396 g/mol. The lowest BCUT2D eigenvalue weighted by Crippen LogP contribution is -2.52. The molecule has 3 N–H and O–H groups in total. The highest BCUT2D eigenvalue weighted by atomic mass is 16.2. The molecule has 1 unspecified atom stereocenters. The highest BCUT2D eigenvalue weighted by Gasteiger charge is 2.40. The number of rotatable bonds is 5. The number of benzene rings is 1. The lowest BCUT2D eigenvalue weighted by molar-refractivity contribution is -0.136. The Morgan fingerprint density at radius 1 is 1.14 bits per heavy atom. The summed E-state index contributed by atoms with van der Waals surface area (Å²) in [7, 11) is 0. The molecule has 0 bridgehead atoms. The third-order valence-corrected chi connectivity index (χ3v) is 7.04. The van der Waals surface area contributed by atoms with Gasteiger partial charge in [0.1, 0.15) is 6.04 Å². The maximum atomic E-state index is 13.1. The zero-order chi connectivity index (χ0) is 20.0. The number of fused-ring (bicyclic) bond motifs is 2. The molecule has 4 aliphatic rings. The van der Waals surface area contributed by atoms with Gasteiger partial charge in [0.25, 0.3) is 5.91 Å². The monoisotopic (exact) mass is 396 g/mol. The molecule has 1 aromatic carbocycles. The van der Waals surface area contributed by atoms with Crippen LogP contribution in [0.3, 0.4) is 0 Å². The van der Waals surface area contributed by atoms with E-state index in [1.54, 1.807) is 4.90 Å². The van der Waals surface area contributed by atoms with Gasteiger partial charge in [-0.1, -0.05) is 24.6 Å². The van der Waals surface area contributed by atoms with E-state index in [2.05, 4.69) is 16.0 Å². The van der Waals surface area contributed by atoms with Crippen LogP contribution in [0.1, 0.15) is 60.0 Å². The number of imide groups is 1. The minimum atomic E-state index is -0.560. The first-order valence-corrected chi connectivity index (χ1v) is 10.8. The van der Waals surface area contributed by atoms with Crippen LogP contribution in [0.25, 0.3) is 0 Å². The summed E-state index contributed by atoms with van der Waals surface area (Å²) in [5.74, 6) is 0.122. The summed E-state index contributed by atoms with van der Waals surface area (Å²) >= 11 is 0. The Labute approximate surface area is 170 Å². The highest BCUT2D eigenvalue weighted by Crippen LogP contribution is 2.34. The standard InChI is InChI=1S/C22H28N4O3/c27-19-8-7-18(21(28)25-19)26-12-15-5-1-4-14(20(15)22(26)29)10-23-11-16-9-13-3-2-6-17(13)24-16/h1,4-5,13,16-18,23-24H,2-3,6-12H2,(H,25,27,28)/t13-,16-,17-,18?/m0/s1. The lowest BCUT2D eigenvalue weighted by Gasteiger charge is -2.29. The topological polar surface area (TPSA) is 90.5 Å². The highest BCUT2D eigenvalue weighted by molar-refractivity contribution is 6.05. The number of nitrogens with one attached hydrogen (secondary N) is 3. The van der Waals surface area contributed by atoms with E-state index in [9.17, 15) is 14.4 Å². The van der Waals surface area contributed by atoms with Crippen LogP contribution in [0.4, 0.5) is 0 Å². The van der Waals surface area contributed by atoms with Crippen LogP contribution in [-0.2, 0) is 22.7 Å². The van der Waals surface area contributed by atoms with Gasteiger partial charge < -0.3 is 15.5 Å². The van der Waals surface area contributed by atoms with Gasteiger partial charge in [-0.25, -0.2) is 0 Å². The van der Waals surface area contributed by atoms with Crippen molar-refractivity contribution in [1.29, 1.82) is 0 Å². The van der Waals surface area contributed by atoms with Crippen LogP contribution in [0.5, 0.6) is 0 Å². The lowest BCUT2D eigenvalue weighted by atomic mass is 10.0. The average Bonchev–Trinajstić information content (AvgIpc) is 3.36. The van der Waals surface area contributed by atoms with E-state index in [0.717, 1.165) is 29.2 Å². The largest absolute Gasteiger partial charge is 0.322 e. The van der Waals surface area contributed by atoms with E-state index in [0.29, 0.717) is 31.6 Å². The first kappa shape index (κ1) is 18.8. The van der Waals surface area contributed by atoms with Gasteiger partial charge in [0.2, 0.25) is 11.8 Å². The molecule has 3 aliphatic heterocycles. The Kier molecular flexibility index (Phi) is 4.87.